The molecule has 1 saturated heterocycles. The number of benzene rings is 1. The highest BCUT2D eigenvalue weighted by Crippen LogP contribution is 2.33. The predicted molar refractivity (Wildman–Crippen MR) is 107 cm³/mol. The van der Waals surface area contributed by atoms with Gasteiger partial charge in [-0.2, -0.15) is 0 Å². The highest BCUT2D eigenvalue weighted by Gasteiger charge is 2.22. The number of carbonyl (C=O) groups excluding carboxylic acids is 1. The van der Waals surface area contributed by atoms with Crippen molar-refractivity contribution in [3.8, 4) is 0 Å². The Bertz CT molecular complexity index is 912. The smallest absolute Gasteiger partial charge is 0.246 e. The minimum Gasteiger partial charge on any atom is -0.345 e. The average Bonchev–Trinajstić information content (AvgIpc) is 3.30. The monoisotopic (exact) mass is 389 g/mol. The number of thiophene rings is 1. The molecule has 0 saturated carbocycles. The number of piperazine rings is 1. The number of anilines is 1. The van der Waals surface area contributed by atoms with Crippen LogP contribution in [0.5, 0.6) is 0 Å². The molecule has 0 atom stereocenters. The Hall–Kier alpha value is -1.89. The van der Waals surface area contributed by atoms with Gasteiger partial charge in [-0.1, -0.05) is 35.1 Å². The highest BCUT2D eigenvalue weighted by molar-refractivity contribution is 7.22. The number of hydrogen-bond donors (Lipinski definition) is 0. The molecular formula is C18H16ClN3OS2. The van der Waals surface area contributed by atoms with Crippen molar-refractivity contribution in [1.29, 1.82) is 0 Å². The summed E-state index contributed by atoms with van der Waals surface area (Å²) >= 11 is 9.50. The van der Waals surface area contributed by atoms with Crippen LogP contribution in [0.2, 0.25) is 5.02 Å². The molecule has 3 aromatic rings. The summed E-state index contributed by atoms with van der Waals surface area (Å²) in [6, 6.07) is 9.84. The van der Waals surface area contributed by atoms with E-state index in [9.17, 15) is 4.79 Å². The van der Waals surface area contributed by atoms with Gasteiger partial charge in [0.15, 0.2) is 5.13 Å². The second-order valence-corrected chi connectivity index (χ2v) is 8.14. The molecule has 0 radical (unpaired) electrons. The highest BCUT2D eigenvalue weighted by atomic mass is 35.5. The molecule has 0 unspecified atom stereocenters. The molecule has 25 heavy (non-hydrogen) atoms. The molecule has 1 aliphatic rings. The summed E-state index contributed by atoms with van der Waals surface area (Å²) in [6.07, 6.45) is 3.55. The number of hydrogen-bond acceptors (Lipinski definition) is 5. The first-order valence-corrected chi connectivity index (χ1v) is 10.1. The number of halogens is 1. The van der Waals surface area contributed by atoms with Gasteiger partial charge in [0.2, 0.25) is 5.91 Å². The number of carbonyl (C=O) groups is 1. The normalized spacial score (nSPS) is 15.4. The molecule has 0 N–H and O–H groups in total. The Labute approximate surface area is 159 Å². The van der Waals surface area contributed by atoms with E-state index in [1.807, 2.05) is 46.7 Å². The number of aromatic nitrogens is 1. The maximum Gasteiger partial charge on any atom is 0.246 e. The molecule has 1 fully saturated rings. The molecule has 128 valence electrons. The van der Waals surface area contributed by atoms with E-state index in [4.69, 9.17) is 11.6 Å². The van der Waals surface area contributed by atoms with E-state index in [0.29, 0.717) is 18.1 Å². The molecule has 2 aromatic heterocycles. The first-order chi connectivity index (χ1) is 12.2. The Kier molecular flexibility index (Phi) is 4.74. The lowest BCUT2D eigenvalue weighted by Gasteiger charge is -2.34. The van der Waals surface area contributed by atoms with E-state index >= 15 is 0 Å². The van der Waals surface area contributed by atoms with E-state index in [0.717, 1.165) is 33.3 Å². The van der Waals surface area contributed by atoms with Gasteiger partial charge in [-0.15, -0.1) is 11.3 Å². The first-order valence-electron chi connectivity index (χ1n) is 8.01. The third-order valence-electron chi connectivity index (χ3n) is 4.15. The zero-order valence-electron chi connectivity index (χ0n) is 13.4. The van der Waals surface area contributed by atoms with Crippen LogP contribution in [-0.2, 0) is 4.79 Å². The minimum absolute atomic E-state index is 0.0698. The van der Waals surface area contributed by atoms with Crippen LogP contribution in [0, 0.1) is 0 Å². The third-order valence-corrected chi connectivity index (χ3v) is 6.38. The second-order valence-electron chi connectivity index (χ2n) is 5.74. The molecule has 1 amide bonds. The maximum atomic E-state index is 12.3. The lowest BCUT2D eigenvalue weighted by atomic mass is 10.3. The van der Waals surface area contributed by atoms with E-state index in [2.05, 4.69) is 9.88 Å². The SMILES string of the molecule is O=C(C=Cc1cccs1)N1CCN(c2nc3c(Cl)cccc3s2)CC1. The van der Waals surface area contributed by atoms with Crippen molar-refractivity contribution in [3.63, 3.8) is 0 Å². The van der Waals surface area contributed by atoms with Crippen molar-refractivity contribution in [2.75, 3.05) is 31.1 Å². The van der Waals surface area contributed by atoms with Gasteiger partial charge in [0.25, 0.3) is 0 Å². The molecule has 0 aliphatic carbocycles. The molecule has 4 nitrogen and oxygen atoms in total. The van der Waals surface area contributed by atoms with Crippen molar-refractivity contribution in [2.24, 2.45) is 0 Å². The standard InChI is InChI=1S/C18H16ClN3OS2/c19-14-4-1-5-15-17(14)20-18(25-15)22-10-8-21(9-11-22)16(23)7-6-13-3-2-12-24-13/h1-7,12H,8-11H2. The van der Waals surface area contributed by atoms with Gasteiger partial charge in [-0.3, -0.25) is 4.79 Å². The van der Waals surface area contributed by atoms with Gasteiger partial charge < -0.3 is 9.80 Å². The molecular weight excluding hydrogens is 374 g/mol. The fraction of sp³-hybridized carbons (Fsp3) is 0.222. The van der Waals surface area contributed by atoms with Crippen LogP contribution in [0.3, 0.4) is 0 Å². The third kappa shape index (κ3) is 3.56. The molecule has 4 rings (SSSR count). The number of nitrogens with zero attached hydrogens (tertiary/aromatic N) is 3. The Morgan fingerprint density at radius 3 is 2.72 bits per heavy atom. The van der Waals surface area contributed by atoms with Crippen molar-refractivity contribution >= 4 is 61.6 Å². The van der Waals surface area contributed by atoms with E-state index in [-0.39, 0.29) is 5.91 Å². The molecule has 0 bridgehead atoms. The summed E-state index contributed by atoms with van der Waals surface area (Å²) in [5.74, 6) is 0.0698. The van der Waals surface area contributed by atoms with Crippen LogP contribution >= 0.6 is 34.3 Å². The summed E-state index contributed by atoms with van der Waals surface area (Å²) in [5.41, 5.74) is 0.863. The van der Waals surface area contributed by atoms with Crippen LogP contribution in [0.15, 0.2) is 41.8 Å². The van der Waals surface area contributed by atoms with Crippen LogP contribution in [-0.4, -0.2) is 42.0 Å². The number of thiazole rings is 1. The topological polar surface area (TPSA) is 36.4 Å². The quantitative estimate of drug-likeness (QED) is 0.624. The first kappa shape index (κ1) is 16.6. The fourth-order valence-electron chi connectivity index (χ4n) is 2.80. The summed E-state index contributed by atoms with van der Waals surface area (Å²) in [7, 11) is 0. The van der Waals surface area contributed by atoms with Gasteiger partial charge in [-0.25, -0.2) is 4.98 Å². The van der Waals surface area contributed by atoms with Gasteiger partial charge >= 0.3 is 0 Å². The summed E-state index contributed by atoms with van der Waals surface area (Å²) < 4.78 is 1.10. The van der Waals surface area contributed by atoms with Crippen molar-refractivity contribution in [3.05, 3.63) is 51.7 Å². The van der Waals surface area contributed by atoms with Crippen molar-refractivity contribution in [2.45, 2.75) is 0 Å². The summed E-state index contributed by atoms with van der Waals surface area (Å²) in [5, 5.41) is 3.67. The Morgan fingerprint density at radius 1 is 1.16 bits per heavy atom. The minimum atomic E-state index is 0.0698. The summed E-state index contributed by atoms with van der Waals surface area (Å²) in [4.78, 5) is 22.2. The second kappa shape index (κ2) is 7.15. The lowest BCUT2D eigenvalue weighted by Crippen LogP contribution is -2.48. The Morgan fingerprint density at radius 2 is 2.00 bits per heavy atom. The lowest BCUT2D eigenvalue weighted by molar-refractivity contribution is -0.126. The van der Waals surface area contributed by atoms with E-state index < -0.39 is 0 Å². The number of amides is 1. The Balaban J connectivity index is 1.40. The van der Waals surface area contributed by atoms with Crippen LogP contribution in [0.4, 0.5) is 5.13 Å². The van der Waals surface area contributed by atoms with Crippen molar-refractivity contribution in [1.82, 2.24) is 9.88 Å². The molecule has 1 aliphatic heterocycles. The average molecular weight is 390 g/mol. The molecule has 1 aromatic carbocycles. The van der Waals surface area contributed by atoms with Gasteiger partial charge in [0.05, 0.1) is 9.72 Å². The molecule has 7 heteroatoms. The van der Waals surface area contributed by atoms with Gasteiger partial charge in [-0.05, 0) is 29.7 Å². The zero-order chi connectivity index (χ0) is 17.2. The van der Waals surface area contributed by atoms with E-state index in [1.165, 1.54) is 0 Å². The van der Waals surface area contributed by atoms with Gasteiger partial charge in [0, 0.05) is 37.1 Å². The zero-order valence-corrected chi connectivity index (χ0v) is 15.8. The number of para-hydroxylation sites is 1. The summed E-state index contributed by atoms with van der Waals surface area (Å²) in [6.45, 7) is 2.99. The number of rotatable bonds is 3. The van der Waals surface area contributed by atoms with Crippen LogP contribution in [0.25, 0.3) is 16.3 Å². The van der Waals surface area contributed by atoms with Crippen molar-refractivity contribution < 1.29 is 4.79 Å². The fourth-order valence-corrected chi connectivity index (χ4v) is 4.74. The van der Waals surface area contributed by atoms with E-state index in [1.54, 1.807) is 28.7 Å². The van der Waals surface area contributed by atoms with Crippen LogP contribution in [0.1, 0.15) is 4.88 Å². The maximum absolute atomic E-state index is 12.3. The predicted octanol–water partition coefficient (Wildman–Crippen LogP) is 4.37. The number of fused-ring (bicyclic) bond motifs is 1. The van der Waals surface area contributed by atoms with Crippen LogP contribution < -0.4 is 4.90 Å². The molecule has 3 heterocycles. The molecule has 0 spiro atoms. The van der Waals surface area contributed by atoms with Gasteiger partial charge in [0.1, 0.15) is 5.52 Å². The largest absolute Gasteiger partial charge is 0.345 e.